The maximum atomic E-state index is 12.9. The van der Waals surface area contributed by atoms with Gasteiger partial charge in [0.25, 0.3) is 0 Å². The molecular formula is C27H30N2O3S2. The highest BCUT2D eigenvalue weighted by atomic mass is 32.1. The van der Waals surface area contributed by atoms with Crippen LogP contribution in [0.1, 0.15) is 42.6 Å². The number of nitrogens with one attached hydrogen (secondary N) is 1. The van der Waals surface area contributed by atoms with E-state index in [2.05, 4.69) is 24.1 Å². The first-order valence-corrected chi connectivity index (χ1v) is 12.6. The predicted octanol–water partition coefficient (Wildman–Crippen LogP) is 5.75. The summed E-state index contributed by atoms with van der Waals surface area (Å²) >= 11 is 7.30. The summed E-state index contributed by atoms with van der Waals surface area (Å²) in [4.78, 5) is 30.3. The molecule has 7 heteroatoms. The highest BCUT2D eigenvalue weighted by Gasteiger charge is 2.26. The minimum Gasteiger partial charge on any atom is -0.467 e. The Morgan fingerprint density at radius 3 is 2.38 bits per heavy atom. The van der Waals surface area contributed by atoms with Gasteiger partial charge in [-0.25, -0.2) is 9.78 Å². The number of hydrogen-bond acceptors (Lipinski definition) is 6. The molecule has 0 spiro atoms. The smallest absolute Gasteiger partial charge is 0.328 e. The van der Waals surface area contributed by atoms with E-state index >= 15 is 0 Å². The summed E-state index contributed by atoms with van der Waals surface area (Å²) in [7, 11) is 1.37. The van der Waals surface area contributed by atoms with Crippen LogP contribution >= 0.6 is 23.6 Å². The molecule has 0 saturated heterocycles. The fourth-order valence-electron chi connectivity index (χ4n) is 3.83. The number of thiazole rings is 1. The molecule has 1 aromatic heterocycles. The molecule has 0 aliphatic rings. The SMILES string of the molecule is COC(=O)[C@H](Cc1ccc(-c2nccs2)cc1)NC(=S)C(CC(=O)c1ccccc1)CC(C)C. The third kappa shape index (κ3) is 7.30. The number of rotatable bonds is 11. The topological polar surface area (TPSA) is 68.3 Å². The normalized spacial score (nSPS) is 12.7. The molecule has 2 atom stereocenters. The van der Waals surface area contributed by atoms with E-state index in [-0.39, 0.29) is 17.7 Å². The molecule has 0 fully saturated rings. The van der Waals surface area contributed by atoms with Gasteiger partial charge in [0.2, 0.25) is 0 Å². The van der Waals surface area contributed by atoms with E-state index < -0.39 is 6.04 Å². The molecule has 1 heterocycles. The van der Waals surface area contributed by atoms with Crippen LogP contribution in [0.3, 0.4) is 0 Å². The van der Waals surface area contributed by atoms with Crippen molar-refractivity contribution < 1.29 is 14.3 Å². The second-order valence-corrected chi connectivity index (χ2v) is 9.98. The van der Waals surface area contributed by atoms with Gasteiger partial charge in [-0.1, -0.05) is 80.7 Å². The Kier molecular flexibility index (Phi) is 9.48. The van der Waals surface area contributed by atoms with Crippen molar-refractivity contribution in [1.82, 2.24) is 10.3 Å². The van der Waals surface area contributed by atoms with Crippen molar-refractivity contribution in [3.05, 3.63) is 77.3 Å². The van der Waals surface area contributed by atoms with Gasteiger partial charge in [0.15, 0.2) is 5.78 Å². The first kappa shape index (κ1) is 25.7. The molecular weight excluding hydrogens is 464 g/mol. The van der Waals surface area contributed by atoms with Crippen LogP contribution in [0.2, 0.25) is 0 Å². The number of ether oxygens (including phenoxy) is 1. The van der Waals surface area contributed by atoms with E-state index in [1.54, 1.807) is 17.5 Å². The maximum Gasteiger partial charge on any atom is 0.328 e. The van der Waals surface area contributed by atoms with Crippen molar-refractivity contribution in [3.8, 4) is 10.6 Å². The average molecular weight is 495 g/mol. The van der Waals surface area contributed by atoms with Gasteiger partial charge in [-0.2, -0.15) is 0 Å². The van der Waals surface area contributed by atoms with Crippen molar-refractivity contribution >= 4 is 40.3 Å². The number of carbonyl (C=O) groups excluding carboxylic acids is 2. The largest absolute Gasteiger partial charge is 0.467 e. The molecule has 178 valence electrons. The zero-order valence-electron chi connectivity index (χ0n) is 19.7. The summed E-state index contributed by atoms with van der Waals surface area (Å²) in [5.74, 6) is -0.155. The lowest BCUT2D eigenvalue weighted by atomic mass is 9.90. The second-order valence-electron chi connectivity index (χ2n) is 8.64. The van der Waals surface area contributed by atoms with Gasteiger partial charge in [0.1, 0.15) is 11.0 Å². The van der Waals surface area contributed by atoms with Crippen LogP contribution in [-0.4, -0.2) is 34.9 Å². The fourth-order valence-corrected chi connectivity index (χ4v) is 4.79. The van der Waals surface area contributed by atoms with Crippen LogP contribution in [0.15, 0.2) is 66.2 Å². The summed E-state index contributed by atoms with van der Waals surface area (Å²) in [5, 5.41) is 6.11. The van der Waals surface area contributed by atoms with Crippen LogP contribution in [0.5, 0.6) is 0 Å². The van der Waals surface area contributed by atoms with Crippen molar-refractivity contribution in [1.29, 1.82) is 0 Å². The van der Waals surface area contributed by atoms with Gasteiger partial charge >= 0.3 is 5.97 Å². The second kappa shape index (κ2) is 12.5. The molecule has 2 aromatic carbocycles. The fraction of sp³-hybridized carbons (Fsp3) is 0.333. The Bertz CT molecular complexity index is 1080. The van der Waals surface area contributed by atoms with Crippen molar-refractivity contribution in [2.24, 2.45) is 11.8 Å². The Hall–Kier alpha value is -2.90. The molecule has 0 saturated carbocycles. The number of thiocarbonyl (C=S) groups is 1. The van der Waals surface area contributed by atoms with Crippen molar-refractivity contribution in [2.45, 2.75) is 39.2 Å². The summed E-state index contributed by atoms with van der Waals surface area (Å²) in [6, 6.07) is 16.6. The van der Waals surface area contributed by atoms with E-state index in [4.69, 9.17) is 17.0 Å². The van der Waals surface area contributed by atoms with Crippen LogP contribution in [-0.2, 0) is 16.0 Å². The Balaban J connectivity index is 1.71. The van der Waals surface area contributed by atoms with Gasteiger partial charge in [0, 0.05) is 41.5 Å². The number of nitrogens with zero attached hydrogens (tertiary/aromatic N) is 1. The third-order valence-electron chi connectivity index (χ3n) is 5.53. The first-order valence-electron chi connectivity index (χ1n) is 11.3. The van der Waals surface area contributed by atoms with E-state index in [0.717, 1.165) is 22.6 Å². The molecule has 34 heavy (non-hydrogen) atoms. The molecule has 0 radical (unpaired) electrons. The van der Waals surface area contributed by atoms with Gasteiger partial charge < -0.3 is 10.1 Å². The number of aromatic nitrogens is 1. The minimum absolute atomic E-state index is 0.0443. The third-order valence-corrected chi connectivity index (χ3v) is 6.80. The lowest BCUT2D eigenvalue weighted by molar-refractivity contribution is -0.142. The number of benzene rings is 2. The minimum atomic E-state index is -0.635. The lowest BCUT2D eigenvalue weighted by Gasteiger charge is -2.25. The van der Waals surface area contributed by atoms with Gasteiger partial charge in [-0.05, 0) is 17.9 Å². The van der Waals surface area contributed by atoms with Gasteiger partial charge in [-0.15, -0.1) is 11.3 Å². The summed E-state index contributed by atoms with van der Waals surface area (Å²) in [6.07, 6.45) is 3.25. The van der Waals surface area contributed by atoms with Gasteiger partial charge in [0.05, 0.1) is 12.1 Å². The Morgan fingerprint density at radius 1 is 1.09 bits per heavy atom. The number of carbonyl (C=O) groups is 2. The number of ketones is 1. The highest BCUT2D eigenvalue weighted by molar-refractivity contribution is 7.80. The number of hydrogen-bond donors (Lipinski definition) is 1. The van der Waals surface area contributed by atoms with Crippen molar-refractivity contribution in [3.63, 3.8) is 0 Å². The van der Waals surface area contributed by atoms with Crippen molar-refractivity contribution in [2.75, 3.05) is 7.11 Å². The molecule has 5 nitrogen and oxygen atoms in total. The quantitative estimate of drug-likeness (QED) is 0.208. The average Bonchev–Trinajstić information content (AvgIpc) is 3.38. The van der Waals surface area contributed by atoms with Crippen LogP contribution < -0.4 is 5.32 Å². The zero-order chi connectivity index (χ0) is 24.5. The molecule has 0 aliphatic heterocycles. The number of esters is 1. The van der Waals surface area contributed by atoms with E-state index in [0.29, 0.717) is 29.3 Å². The van der Waals surface area contributed by atoms with Crippen LogP contribution in [0, 0.1) is 11.8 Å². The maximum absolute atomic E-state index is 12.9. The van der Waals surface area contributed by atoms with E-state index in [1.807, 2.05) is 60.0 Å². The molecule has 0 aliphatic carbocycles. The zero-order valence-corrected chi connectivity index (χ0v) is 21.3. The van der Waals surface area contributed by atoms with Crippen LogP contribution in [0.25, 0.3) is 10.6 Å². The molecule has 0 amide bonds. The van der Waals surface area contributed by atoms with E-state index in [1.165, 1.54) is 7.11 Å². The summed E-state index contributed by atoms with van der Waals surface area (Å²) < 4.78 is 5.04. The monoisotopic (exact) mass is 494 g/mol. The predicted molar refractivity (Wildman–Crippen MR) is 141 cm³/mol. The number of Topliss-reactive ketones (excluding diaryl/α,β-unsaturated/α-hetero) is 1. The molecule has 1 unspecified atom stereocenters. The molecule has 0 bridgehead atoms. The molecule has 1 N–H and O–H groups in total. The molecule has 3 aromatic rings. The van der Waals surface area contributed by atoms with Gasteiger partial charge in [-0.3, -0.25) is 4.79 Å². The Labute approximate surface area is 210 Å². The summed E-state index contributed by atoms with van der Waals surface area (Å²) in [5.41, 5.74) is 2.68. The first-order chi connectivity index (χ1) is 16.4. The lowest BCUT2D eigenvalue weighted by Crippen LogP contribution is -2.45. The highest BCUT2D eigenvalue weighted by Crippen LogP contribution is 2.23. The standard InChI is InChI=1S/C27H30N2O3S2/c1-18(2)15-22(17-24(30)20-7-5-4-6-8-20)25(33)29-23(27(31)32-3)16-19-9-11-21(12-10-19)26-28-13-14-34-26/h4-14,18,22-23H,15-17H2,1-3H3,(H,29,33)/t22?,23-/m0/s1. The molecule has 3 rings (SSSR count). The summed E-state index contributed by atoms with van der Waals surface area (Å²) in [6.45, 7) is 4.20. The van der Waals surface area contributed by atoms with Crippen LogP contribution in [0.4, 0.5) is 0 Å². The Morgan fingerprint density at radius 2 is 1.79 bits per heavy atom. The number of methoxy groups -OCH3 is 1. The van der Waals surface area contributed by atoms with E-state index in [9.17, 15) is 9.59 Å².